The van der Waals surface area contributed by atoms with Crippen LogP contribution < -0.4 is 5.73 Å². The van der Waals surface area contributed by atoms with Gasteiger partial charge in [0.05, 0.1) is 12.6 Å². The number of rotatable bonds is 3. The van der Waals surface area contributed by atoms with Gasteiger partial charge >= 0.3 is 0 Å². The minimum atomic E-state index is -0.749. The summed E-state index contributed by atoms with van der Waals surface area (Å²) < 4.78 is 12.8. The monoisotopic (exact) mass is 279 g/mol. The number of nitrogens with zero attached hydrogens (tertiary/aromatic N) is 2. The molecule has 1 fully saturated rings. The van der Waals surface area contributed by atoms with E-state index in [1.807, 2.05) is 0 Å². The van der Waals surface area contributed by atoms with E-state index in [4.69, 9.17) is 5.73 Å². The maximum absolute atomic E-state index is 12.8. The molecule has 0 bridgehead atoms. The molecule has 0 saturated carbocycles. The summed E-state index contributed by atoms with van der Waals surface area (Å²) in [7, 11) is 0. The molecule has 1 unspecified atom stereocenters. The number of guanidine groups is 1. The molecule has 0 radical (unpaired) electrons. The predicted molar refractivity (Wildman–Crippen MR) is 77.9 cm³/mol. The highest BCUT2D eigenvalue weighted by molar-refractivity contribution is 5.78. The van der Waals surface area contributed by atoms with Gasteiger partial charge in [-0.2, -0.15) is 0 Å². The number of nitrogens with two attached hydrogens (primary N) is 1. The molecule has 2 rings (SSSR count). The van der Waals surface area contributed by atoms with Gasteiger partial charge in [0.2, 0.25) is 0 Å². The number of aliphatic hydroxyl groups excluding tert-OH is 1. The molecule has 3 N–H and O–H groups in total. The lowest BCUT2D eigenvalue weighted by molar-refractivity contribution is 0.186. The van der Waals surface area contributed by atoms with Crippen LogP contribution in [0.25, 0.3) is 0 Å². The standard InChI is InChI=1S/C15H22FN3O/c16-13-7-5-12(6-8-13)14(20)11-18-15(17)19-9-3-1-2-4-10-19/h5-8,14,20H,1-4,9-11H2,(H2,17,18). The van der Waals surface area contributed by atoms with Gasteiger partial charge in [-0.3, -0.25) is 4.99 Å². The Bertz CT molecular complexity index is 439. The van der Waals surface area contributed by atoms with Crippen molar-refractivity contribution in [2.45, 2.75) is 31.8 Å². The molecule has 1 aromatic rings. The molecular formula is C15H22FN3O. The maximum atomic E-state index is 12.8. The van der Waals surface area contributed by atoms with Crippen LogP contribution in [-0.2, 0) is 0 Å². The number of hydrogen-bond acceptors (Lipinski definition) is 2. The Morgan fingerprint density at radius 2 is 1.80 bits per heavy atom. The van der Waals surface area contributed by atoms with Gasteiger partial charge in [0, 0.05) is 13.1 Å². The van der Waals surface area contributed by atoms with E-state index < -0.39 is 6.10 Å². The number of aliphatic imine (C=N–C) groups is 1. The first-order valence-corrected chi connectivity index (χ1v) is 7.15. The summed E-state index contributed by atoms with van der Waals surface area (Å²) in [5.41, 5.74) is 6.62. The molecule has 0 spiro atoms. The second-order valence-electron chi connectivity index (χ2n) is 5.17. The summed E-state index contributed by atoms with van der Waals surface area (Å²) >= 11 is 0. The molecule has 1 atom stereocenters. The lowest BCUT2D eigenvalue weighted by atomic mass is 10.1. The van der Waals surface area contributed by atoms with E-state index in [1.165, 1.54) is 25.0 Å². The number of halogens is 1. The fraction of sp³-hybridized carbons (Fsp3) is 0.533. The highest BCUT2D eigenvalue weighted by Gasteiger charge is 2.12. The van der Waals surface area contributed by atoms with E-state index in [0.29, 0.717) is 11.5 Å². The maximum Gasteiger partial charge on any atom is 0.191 e. The van der Waals surface area contributed by atoms with E-state index >= 15 is 0 Å². The van der Waals surface area contributed by atoms with E-state index in [1.54, 1.807) is 12.1 Å². The average molecular weight is 279 g/mol. The molecule has 1 heterocycles. The van der Waals surface area contributed by atoms with Gasteiger partial charge in [0.15, 0.2) is 5.96 Å². The van der Waals surface area contributed by atoms with Crippen molar-refractivity contribution in [3.63, 3.8) is 0 Å². The Hall–Kier alpha value is -1.62. The fourth-order valence-electron chi connectivity index (χ4n) is 2.37. The molecule has 20 heavy (non-hydrogen) atoms. The van der Waals surface area contributed by atoms with Gasteiger partial charge in [-0.1, -0.05) is 25.0 Å². The van der Waals surface area contributed by atoms with E-state index in [-0.39, 0.29) is 12.4 Å². The van der Waals surface area contributed by atoms with Crippen LogP contribution in [0.15, 0.2) is 29.3 Å². The summed E-state index contributed by atoms with van der Waals surface area (Å²) in [5, 5.41) is 10.0. The molecule has 1 aliphatic rings. The van der Waals surface area contributed by atoms with Gasteiger partial charge in [-0.15, -0.1) is 0 Å². The minimum Gasteiger partial charge on any atom is -0.386 e. The van der Waals surface area contributed by atoms with Gasteiger partial charge in [-0.05, 0) is 30.5 Å². The summed E-state index contributed by atoms with van der Waals surface area (Å²) in [5.74, 6) is 0.182. The van der Waals surface area contributed by atoms with Crippen molar-refractivity contribution >= 4 is 5.96 Å². The van der Waals surface area contributed by atoms with Gasteiger partial charge in [0.1, 0.15) is 5.82 Å². The van der Waals surface area contributed by atoms with Crippen molar-refractivity contribution in [1.29, 1.82) is 0 Å². The third-order valence-electron chi connectivity index (χ3n) is 3.61. The summed E-state index contributed by atoms with van der Waals surface area (Å²) in [6.07, 6.45) is 4.00. The molecule has 0 aliphatic carbocycles. The van der Waals surface area contributed by atoms with Crippen LogP contribution in [0.5, 0.6) is 0 Å². The highest BCUT2D eigenvalue weighted by atomic mass is 19.1. The zero-order chi connectivity index (χ0) is 14.4. The highest BCUT2D eigenvalue weighted by Crippen LogP contribution is 2.14. The van der Waals surface area contributed by atoms with Crippen molar-refractivity contribution in [1.82, 2.24) is 4.90 Å². The topological polar surface area (TPSA) is 61.9 Å². The van der Waals surface area contributed by atoms with Crippen molar-refractivity contribution in [3.05, 3.63) is 35.6 Å². The first kappa shape index (κ1) is 14.8. The van der Waals surface area contributed by atoms with Gasteiger partial charge in [0.25, 0.3) is 0 Å². The normalized spacial score (nSPS) is 18.7. The SMILES string of the molecule is NC(=NCC(O)c1ccc(F)cc1)N1CCCCCC1. The van der Waals surface area contributed by atoms with Crippen molar-refractivity contribution in [2.24, 2.45) is 10.7 Å². The first-order valence-electron chi connectivity index (χ1n) is 7.15. The molecule has 5 heteroatoms. The Morgan fingerprint density at radius 1 is 1.20 bits per heavy atom. The Morgan fingerprint density at radius 3 is 2.40 bits per heavy atom. The lowest BCUT2D eigenvalue weighted by Crippen LogP contribution is -2.38. The largest absolute Gasteiger partial charge is 0.386 e. The Labute approximate surface area is 119 Å². The molecule has 1 aromatic carbocycles. The summed E-state index contributed by atoms with van der Waals surface area (Å²) in [6.45, 7) is 2.07. The molecule has 110 valence electrons. The lowest BCUT2D eigenvalue weighted by Gasteiger charge is -2.21. The third-order valence-corrected chi connectivity index (χ3v) is 3.61. The number of aliphatic hydroxyl groups is 1. The Balaban J connectivity index is 1.91. The van der Waals surface area contributed by atoms with Crippen molar-refractivity contribution in [2.75, 3.05) is 19.6 Å². The number of benzene rings is 1. The van der Waals surface area contributed by atoms with Crippen LogP contribution in [0, 0.1) is 5.82 Å². The second-order valence-corrected chi connectivity index (χ2v) is 5.17. The zero-order valence-electron chi connectivity index (χ0n) is 11.6. The van der Waals surface area contributed by atoms with Crippen molar-refractivity contribution in [3.8, 4) is 0 Å². The fourth-order valence-corrected chi connectivity index (χ4v) is 2.37. The average Bonchev–Trinajstić information content (AvgIpc) is 2.74. The van der Waals surface area contributed by atoms with Crippen LogP contribution in [-0.4, -0.2) is 35.6 Å². The zero-order valence-corrected chi connectivity index (χ0v) is 11.6. The summed E-state index contributed by atoms with van der Waals surface area (Å²) in [6, 6.07) is 5.80. The van der Waals surface area contributed by atoms with E-state index in [2.05, 4.69) is 9.89 Å². The van der Waals surface area contributed by atoms with E-state index in [0.717, 1.165) is 25.9 Å². The van der Waals surface area contributed by atoms with Crippen LogP contribution in [0.2, 0.25) is 0 Å². The predicted octanol–water partition coefficient (Wildman–Crippen LogP) is 2.05. The summed E-state index contributed by atoms with van der Waals surface area (Å²) in [4.78, 5) is 6.34. The van der Waals surface area contributed by atoms with Crippen LogP contribution >= 0.6 is 0 Å². The second kappa shape index (κ2) is 7.24. The van der Waals surface area contributed by atoms with Crippen LogP contribution in [0.1, 0.15) is 37.4 Å². The minimum absolute atomic E-state index is 0.202. The molecule has 0 aromatic heterocycles. The smallest absolute Gasteiger partial charge is 0.191 e. The molecule has 1 saturated heterocycles. The van der Waals surface area contributed by atoms with E-state index in [9.17, 15) is 9.50 Å². The van der Waals surface area contributed by atoms with Crippen LogP contribution in [0.3, 0.4) is 0 Å². The molecule has 1 aliphatic heterocycles. The van der Waals surface area contributed by atoms with Gasteiger partial charge < -0.3 is 15.7 Å². The Kier molecular flexibility index (Phi) is 5.35. The molecule has 4 nitrogen and oxygen atoms in total. The first-order chi connectivity index (χ1) is 9.66. The number of hydrogen-bond donors (Lipinski definition) is 2. The molecule has 0 amide bonds. The van der Waals surface area contributed by atoms with Gasteiger partial charge in [-0.25, -0.2) is 4.39 Å². The molecular weight excluding hydrogens is 257 g/mol. The van der Waals surface area contributed by atoms with Crippen molar-refractivity contribution < 1.29 is 9.50 Å². The van der Waals surface area contributed by atoms with Crippen LogP contribution in [0.4, 0.5) is 4.39 Å². The third kappa shape index (κ3) is 4.20. The number of likely N-dealkylation sites (tertiary alicyclic amines) is 1. The quantitative estimate of drug-likeness (QED) is 0.657.